The van der Waals surface area contributed by atoms with E-state index in [1.807, 2.05) is 18.3 Å². The van der Waals surface area contributed by atoms with Crippen LogP contribution in [0.25, 0.3) is 0 Å². The van der Waals surface area contributed by atoms with Crippen LogP contribution in [0.2, 0.25) is 5.02 Å². The lowest BCUT2D eigenvalue weighted by Crippen LogP contribution is -2.54. The summed E-state index contributed by atoms with van der Waals surface area (Å²) in [5.74, 6) is 0.298. The number of hydrogen-bond donors (Lipinski definition) is 1. The Bertz CT molecular complexity index is 778. The molecule has 1 aromatic carbocycles. The van der Waals surface area contributed by atoms with Gasteiger partial charge in [-0.2, -0.15) is 0 Å². The smallest absolute Gasteiger partial charge is 0.222 e. The third-order valence-corrected chi connectivity index (χ3v) is 6.22. The molecule has 1 spiro atoms. The van der Waals surface area contributed by atoms with Crippen molar-refractivity contribution in [1.29, 1.82) is 0 Å². The van der Waals surface area contributed by atoms with E-state index in [0.717, 1.165) is 56.3 Å². The molecule has 1 amide bonds. The fraction of sp³-hybridized carbons (Fsp3) is 0.524. The number of hydrogen-bond acceptors (Lipinski definition) is 3. The summed E-state index contributed by atoms with van der Waals surface area (Å²) in [7, 11) is 0. The van der Waals surface area contributed by atoms with Crippen LogP contribution in [0.15, 0.2) is 36.8 Å². The Balaban J connectivity index is 1.39. The first-order valence-corrected chi connectivity index (χ1v) is 10.2. The Kier molecular flexibility index (Phi) is 5.50. The first-order valence-electron chi connectivity index (χ1n) is 9.84. The van der Waals surface area contributed by atoms with Gasteiger partial charge in [0.1, 0.15) is 0 Å². The summed E-state index contributed by atoms with van der Waals surface area (Å²) in [4.78, 5) is 24.3. The monoisotopic (exact) mass is 386 g/mol. The van der Waals surface area contributed by atoms with Crippen molar-refractivity contribution < 1.29 is 4.79 Å². The zero-order valence-electron chi connectivity index (χ0n) is 15.7. The quantitative estimate of drug-likeness (QED) is 0.855. The van der Waals surface area contributed by atoms with Crippen molar-refractivity contribution in [1.82, 2.24) is 19.8 Å². The molecule has 1 atom stereocenters. The number of benzene rings is 1. The standard InChI is InChI=1S/C21H27ClN4O/c22-18-4-1-3-17(11-18)13-25-9-2-7-21(14-25)8-5-20(27)26(15-21)10-6-19-12-23-16-24-19/h1,3-4,11-12,16H,2,5-10,13-15H2,(H,23,24)/t21-/m1/s1. The molecule has 0 saturated carbocycles. The van der Waals surface area contributed by atoms with Crippen molar-refractivity contribution >= 4 is 17.5 Å². The van der Waals surface area contributed by atoms with Crippen molar-refractivity contribution in [2.75, 3.05) is 26.2 Å². The highest BCUT2D eigenvalue weighted by Crippen LogP contribution is 2.39. The number of likely N-dealkylation sites (tertiary alicyclic amines) is 2. The lowest BCUT2D eigenvalue weighted by atomic mass is 9.73. The number of rotatable bonds is 5. The topological polar surface area (TPSA) is 52.2 Å². The Hall–Kier alpha value is -1.85. The summed E-state index contributed by atoms with van der Waals surface area (Å²) in [5, 5.41) is 0.799. The van der Waals surface area contributed by atoms with Gasteiger partial charge in [0.25, 0.3) is 0 Å². The molecule has 144 valence electrons. The molecule has 27 heavy (non-hydrogen) atoms. The van der Waals surface area contributed by atoms with Gasteiger partial charge in [0, 0.05) is 61.3 Å². The van der Waals surface area contributed by atoms with Crippen molar-refractivity contribution in [3.8, 4) is 0 Å². The molecule has 2 saturated heterocycles. The van der Waals surface area contributed by atoms with Gasteiger partial charge in [-0.15, -0.1) is 0 Å². The summed E-state index contributed by atoms with van der Waals surface area (Å²) >= 11 is 6.15. The maximum absolute atomic E-state index is 12.5. The van der Waals surface area contributed by atoms with Gasteiger partial charge in [-0.3, -0.25) is 9.69 Å². The highest BCUT2D eigenvalue weighted by molar-refractivity contribution is 6.30. The molecule has 2 aliphatic rings. The van der Waals surface area contributed by atoms with E-state index in [0.29, 0.717) is 12.3 Å². The fourth-order valence-electron chi connectivity index (χ4n) is 4.65. The molecule has 1 N–H and O–H groups in total. The molecule has 2 fully saturated rings. The predicted molar refractivity (Wildman–Crippen MR) is 107 cm³/mol. The molecular formula is C21H27ClN4O. The number of imidazole rings is 1. The van der Waals surface area contributed by atoms with E-state index in [1.54, 1.807) is 6.33 Å². The molecule has 2 aliphatic heterocycles. The van der Waals surface area contributed by atoms with Crippen LogP contribution in [0.5, 0.6) is 0 Å². The molecule has 6 heteroatoms. The SMILES string of the molecule is O=C1CC[C@@]2(CCCN(Cc3cccc(Cl)c3)C2)CN1CCc1cnc[nH]1. The lowest BCUT2D eigenvalue weighted by Gasteiger charge is -2.48. The molecule has 0 bridgehead atoms. The molecule has 0 radical (unpaired) electrons. The number of aromatic nitrogens is 2. The lowest BCUT2D eigenvalue weighted by molar-refractivity contribution is -0.139. The van der Waals surface area contributed by atoms with E-state index in [-0.39, 0.29) is 5.41 Å². The van der Waals surface area contributed by atoms with Gasteiger partial charge in [-0.1, -0.05) is 23.7 Å². The average molecular weight is 387 g/mol. The van der Waals surface area contributed by atoms with Crippen LogP contribution < -0.4 is 0 Å². The highest BCUT2D eigenvalue weighted by atomic mass is 35.5. The third-order valence-electron chi connectivity index (χ3n) is 5.99. The van der Waals surface area contributed by atoms with Crippen LogP contribution >= 0.6 is 11.6 Å². The van der Waals surface area contributed by atoms with Crippen molar-refractivity contribution in [2.45, 2.75) is 38.6 Å². The second-order valence-corrected chi connectivity index (χ2v) is 8.52. The number of piperidine rings is 2. The number of H-pyrrole nitrogens is 1. The van der Waals surface area contributed by atoms with Crippen molar-refractivity contribution in [3.63, 3.8) is 0 Å². The molecule has 4 rings (SSSR count). The van der Waals surface area contributed by atoms with Gasteiger partial charge < -0.3 is 9.88 Å². The van der Waals surface area contributed by atoms with Gasteiger partial charge in [0.15, 0.2) is 0 Å². The van der Waals surface area contributed by atoms with Gasteiger partial charge in [0.05, 0.1) is 6.33 Å². The van der Waals surface area contributed by atoms with Gasteiger partial charge in [0.2, 0.25) is 5.91 Å². The average Bonchev–Trinajstić information content (AvgIpc) is 3.17. The summed E-state index contributed by atoms with van der Waals surface area (Å²) in [6.45, 7) is 4.77. The maximum atomic E-state index is 12.5. The highest BCUT2D eigenvalue weighted by Gasteiger charge is 2.41. The van der Waals surface area contributed by atoms with E-state index in [4.69, 9.17) is 11.6 Å². The summed E-state index contributed by atoms with van der Waals surface area (Å²) in [5.41, 5.74) is 2.59. The number of aromatic amines is 1. The van der Waals surface area contributed by atoms with E-state index in [1.165, 1.54) is 18.4 Å². The largest absolute Gasteiger partial charge is 0.348 e. The van der Waals surface area contributed by atoms with E-state index >= 15 is 0 Å². The van der Waals surface area contributed by atoms with Crippen molar-refractivity contribution in [3.05, 3.63) is 53.1 Å². The number of nitrogens with zero attached hydrogens (tertiary/aromatic N) is 3. The summed E-state index contributed by atoms with van der Waals surface area (Å²) < 4.78 is 0. The first-order chi connectivity index (χ1) is 13.1. The van der Waals surface area contributed by atoms with Crippen LogP contribution in [0.1, 0.15) is 36.9 Å². The second kappa shape index (κ2) is 8.03. The minimum absolute atomic E-state index is 0.235. The van der Waals surface area contributed by atoms with Crippen LogP contribution in [-0.2, 0) is 17.8 Å². The van der Waals surface area contributed by atoms with Gasteiger partial charge in [-0.05, 0) is 43.5 Å². The normalized spacial score (nSPS) is 23.9. The van der Waals surface area contributed by atoms with Crippen LogP contribution in [0.4, 0.5) is 0 Å². The zero-order valence-corrected chi connectivity index (χ0v) is 16.4. The van der Waals surface area contributed by atoms with Crippen LogP contribution in [-0.4, -0.2) is 51.9 Å². The summed E-state index contributed by atoms with van der Waals surface area (Å²) in [6.07, 6.45) is 8.48. The molecular weight excluding hydrogens is 360 g/mol. The Morgan fingerprint density at radius 1 is 1.26 bits per heavy atom. The number of carbonyl (C=O) groups excluding carboxylic acids is 1. The van der Waals surface area contributed by atoms with Crippen LogP contribution in [0.3, 0.4) is 0 Å². The number of nitrogens with one attached hydrogen (secondary N) is 1. The third kappa shape index (κ3) is 4.53. The maximum Gasteiger partial charge on any atom is 0.222 e. The number of halogens is 1. The predicted octanol–water partition coefficient (Wildman–Crippen LogP) is 3.51. The zero-order chi connectivity index (χ0) is 18.7. The van der Waals surface area contributed by atoms with E-state index in [2.05, 4.69) is 31.9 Å². The number of amides is 1. The number of carbonyl (C=O) groups is 1. The minimum atomic E-state index is 0.235. The fourth-order valence-corrected chi connectivity index (χ4v) is 4.87. The van der Waals surface area contributed by atoms with E-state index in [9.17, 15) is 4.79 Å². The minimum Gasteiger partial charge on any atom is -0.348 e. The van der Waals surface area contributed by atoms with Crippen molar-refractivity contribution in [2.24, 2.45) is 5.41 Å². The summed E-state index contributed by atoms with van der Waals surface area (Å²) in [6, 6.07) is 8.15. The molecule has 0 unspecified atom stereocenters. The molecule has 3 heterocycles. The molecule has 2 aromatic rings. The second-order valence-electron chi connectivity index (χ2n) is 8.09. The Morgan fingerprint density at radius 3 is 3.00 bits per heavy atom. The Labute approximate surface area is 165 Å². The van der Waals surface area contributed by atoms with E-state index < -0.39 is 0 Å². The Morgan fingerprint density at radius 2 is 2.19 bits per heavy atom. The molecule has 1 aromatic heterocycles. The molecule has 0 aliphatic carbocycles. The first kappa shape index (κ1) is 18.5. The van der Waals surface area contributed by atoms with Gasteiger partial charge in [-0.25, -0.2) is 4.98 Å². The van der Waals surface area contributed by atoms with Gasteiger partial charge >= 0.3 is 0 Å². The van der Waals surface area contributed by atoms with Crippen LogP contribution in [0, 0.1) is 5.41 Å². The molecule has 5 nitrogen and oxygen atoms in total.